The first-order valence-electron chi connectivity index (χ1n) is 6.94. The molecule has 0 fully saturated rings. The van der Waals surface area contributed by atoms with Gasteiger partial charge < -0.3 is 15.6 Å². The van der Waals surface area contributed by atoms with Crippen LogP contribution < -0.4 is 10.6 Å². The van der Waals surface area contributed by atoms with Gasteiger partial charge in [0.05, 0.1) is 12.1 Å². The van der Waals surface area contributed by atoms with Gasteiger partial charge in [-0.2, -0.15) is 0 Å². The topological polar surface area (TPSA) is 74.0 Å². The summed E-state index contributed by atoms with van der Waals surface area (Å²) in [5, 5.41) is 6.34. The van der Waals surface area contributed by atoms with Crippen molar-refractivity contribution in [2.24, 2.45) is 0 Å². The van der Waals surface area contributed by atoms with Crippen molar-refractivity contribution < 1.29 is 9.59 Å². The standard InChI is InChI=1S/C16H21N3O2/c1-10-14(11-7-5-6-8-12(11)18-10)15(21)17-9-13(20)19-16(2,3)4/h5-8,18H,9H2,1-4H3,(H,17,21)(H,19,20). The van der Waals surface area contributed by atoms with Crippen molar-refractivity contribution in [2.75, 3.05) is 6.54 Å². The molecule has 2 rings (SSSR count). The Labute approximate surface area is 124 Å². The molecule has 1 heterocycles. The molecule has 1 aromatic heterocycles. The fraction of sp³-hybridized carbons (Fsp3) is 0.375. The van der Waals surface area contributed by atoms with Crippen molar-refractivity contribution in [3.8, 4) is 0 Å². The van der Waals surface area contributed by atoms with Crippen LogP contribution in [-0.2, 0) is 4.79 Å². The van der Waals surface area contributed by atoms with Gasteiger partial charge in [0.2, 0.25) is 5.91 Å². The van der Waals surface area contributed by atoms with Crippen LogP contribution in [-0.4, -0.2) is 28.9 Å². The Morgan fingerprint density at radius 2 is 1.86 bits per heavy atom. The number of aromatic nitrogens is 1. The van der Waals surface area contributed by atoms with Crippen molar-refractivity contribution in [1.82, 2.24) is 15.6 Å². The van der Waals surface area contributed by atoms with Gasteiger partial charge in [-0.1, -0.05) is 18.2 Å². The average Bonchev–Trinajstić information content (AvgIpc) is 2.70. The zero-order chi connectivity index (χ0) is 15.6. The maximum absolute atomic E-state index is 12.3. The number of para-hydroxylation sites is 1. The van der Waals surface area contributed by atoms with Crippen molar-refractivity contribution in [2.45, 2.75) is 33.2 Å². The minimum atomic E-state index is -0.307. The summed E-state index contributed by atoms with van der Waals surface area (Å²) < 4.78 is 0. The van der Waals surface area contributed by atoms with E-state index in [1.54, 1.807) is 0 Å². The van der Waals surface area contributed by atoms with Gasteiger partial charge in [0, 0.05) is 22.1 Å². The third-order valence-electron chi connectivity index (χ3n) is 3.04. The molecule has 0 bridgehead atoms. The highest BCUT2D eigenvalue weighted by atomic mass is 16.2. The van der Waals surface area contributed by atoms with Gasteiger partial charge >= 0.3 is 0 Å². The van der Waals surface area contributed by atoms with Crippen LogP contribution in [0.2, 0.25) is 0 Å². The third kappa shape index (κ3) is 3.62. The number of aryl methyl sites for hydroxylation is 1. The Hall–Kier alpha value is -2.30. The van der Waals surface area contributed by atoms with E-state index >= 15 is 0 Å². The number of nitrogens with one attached hydrogen (secondary N) is 3. The first-order chi connectivity index (χ1) is 9.78. The SMILES string of the molecule is Cc1[nH]c2ccccc2c1C(=O)NCC(=O)NC(C)(C)C. The van der Waals surface area contributed by atoms with E-state index in [2.05, 4.69) is 15.6 Å². The van der Waals surface area contributed by atoms with Gasteiger partial charge in [-0.25, -0.2) is 0 Å². The van der Waals surface area contributed by atoms with E-state index < -0.39 is 0 Å². The first kappa shape index (κ1) is 15.1. The summed E-state index contributed by atoms with van der Waals surface area (Å²) in [6.45, 7) is 7.52. The summed E-state index contributed by atoms with van der Waals surface area (Å²) in [7, 11) is 0. The van der Waals surface area contributed by atoms with Crippen LogP contribution in [0.25, 0.3) is 10.9 Å². The van der Waals surface area contributed by atoms with Crippen LogP contribution in [0, 0.1) is 6.92 Å². The molecule has 112 valence electrons. The lowest BCUT2D eigenvalue weighted by Gasteiger charge is -2.20. The van der Waals surface area contributed by atoms with Crippen molar-refractivity contribution >= 4 is 22.7 Å². The molecule has 0 aliphatic rings. The highest BCUT2D eigenvalue weighted by molar-refractivity contribution is 6.08. The maximum Gasteiger partial charge on any atom is 0.254 e. The molecule has 0 saturated heterocycles. The normalized spacial score (nSPS) is 11.4. The molecule has 0 aliphatic carbocycles. The van der Waals surface area contributed by atoms with E-state index in [0.29, 0.717) is 5.56 Å². The lowest BCUT2D eigenvalue weighted by molar-refractivity contribution is -0.121. The van der Waals surface area contributed by atoms with E-state index in [1.165, 1.54) is 0 Å². The number of benzene rings is 1. The zero-order valence-electron chi connectivity index (χ0n) is 12.8. The largest absolute Gasteiger partial charge is 0.358 e. The monoisotopic (exact) mass is 287 g/mol. The number of rotatable bonds is 3. The molecule has 5 nitrogen and oxygen atoms in total. The third-order valence-corrected chi connectivity index (χ3v) is 3.04. The summed E-state index contributed by atoms with van der Waals surface area (Å²) in [4.78, 5) is 27.2. The molecule has 0 atom stereocenters. The van der Waals surface area contributed by atoms with Gasteiger partial charge in [-0.15, -0.1) is 0 Å². The number of carbonyl (C=O) groups is 2. The summed E-state index contributed by atoms with van der Waals surface area (Å²) in [6, 6.07) is 7.61. The number of hydrogen-bond acceptors (Lipinski definition) is 2. The van der Waals surface area contributed by atoms with Crippen LogP contribution >= 0.6 is 0 Å². The Morgan fingerprint density at radius 3 is 2.52 bits per heavy atom. The Bertz CT molecular complexity index is 680. The van der Waals surface area contributed by atoms with Crippen molar-refractivity contribution in [1.29, 1.82) is 0 Å². The molecule has 2 aromatic rings. The highest BCUT2D eigenvalue weighted by Crippen LogP contribution is 2.21. The molecule has 2 amide bonds. The molecule has 3 N–H and O–H groups in total. The molecule has 0 radical (unpaired) electrons. The first-order valence-corrected chi connectivity index (χ1v) is 6.94. The van der Waals surface area contributed by atoms with Crippen LogP contribution in [0.5, 0.6) is 0 Å². The van der Waals surface area contributed by atoms with Gasteiger partial charge in [-0.05, 0) is 33.8 Å². The van der Waals surface area contributed by atoms with Crippen molar-refractivity contribution in [3.63, 3.8) is 0 Å². The highest BCUT2D eigenvalue weighted by Gasteiger charge is 2.18. The fourth-order valence-corrected chi connectivity index (χ4v) is 2.28. The summed E-state index contributed by atoms with van der Waals surface area (Å²) in [5.74, 6) is -0.442. The predicted octanol–water partition coefficient (Wildman–Crippen LogP) is 2.12. The number of H-pyrrole nitrogens is 1. The van der Waals surface area contributed by atoms with Crippen LogP contribution in [0.4, 0.5) is 0 Å². The molecule has 0 spiro atoms. The van der Waals surface area contributed by atoms with E-state index in [1.807, 2.05) is 52.0 Å². The van der Waals surface area contributed by atoms with Crippen LogP contribution in [0.3, 0.4) is 0 Å². The minimum absolute atomic E-state index is 0.0327. The van der Waals surface area contributed by atoms with Gasteiger partial charge in [0.25, 0.3) is 5.91 Å². The Morgan fingerprint density at radius 1 is 1.19 bits per heavy atom. The number of fused-ring (bicyclic) bond motifs is 1. The van der Waals surface area contributed by atoms with Crippen LogP contribution in [0.15, 0.2) is 24.3 Å². The molecule has 5 heteroatoms. The molecule has 0 aliphatic heterocycles. The molecular formula is C16H21N3O2. The second kappa shape index (κ2) is 5.60. The number of carbonyl (C=O) groups excluding carboxylic acids is 2. The number of amides is 2. The van der Waals surface area contributed by atoms with E-state index in [9.17, 15) is 9.59 Å². The van der Waals surface area contributed by atoms with Crippen molar-refractivity contribution in [3.05, 3.63) is 35.5 Å². The second-order valence-electron chi connectivity index (χ2n) is 6.15. The quantitative estimate of drug-likeness (QED) is 0.809. The molecule has 1 aromatic carbocycles. The summed E-state index contributed by atoms with van der Waals surface area (Å²) in [5.41, 5.74) is 2.00. The van der Waals surface area contributed by atoms with E-state index in [0.717, 1.165) is 16.6 Å². The molecule has 21 heavy (non-hydrogen) atoms. The van der Waals surface area contributed by atoms with Gasteiger partial charge in [-0.3, -0.25) is 9.59 Å². The minimum Gasteiger partial charge on any atom is -0.358 e. The second-order valence-corrected chi connectivity index (χ2v) is 6.15. The number of hydrogen-bond donors (Lipinski definition) is 3. The lowest BCUT2D eigenvalue weighted by Crippen LogP contribution is -2.45. The smallest absolute Gasteiger partial charge is 0.254 e. The zero-order valence-corrected chi connectivity index (χ0v) is 12.8. The molecule has 0 unspecified atom stereocenters. The van der Waals surface area contributed by atoms with E-state index in [4.69, 9.17) is 0 Å². The average molecular weight is 287 g/mol. The summed E-state index contributed by atoms with van der Waals surface area (Å²) in [6.07, 6.45) is 0. The Kier molecular flexibility index (Phi) is 4.02. The van der Waals surface area contributed by atoms with Crippen LogP contribution in [0.1, 0.15) is 36.8 Å². The summed E-state index contributed by atoms with van der Waals surface area (Å²) >= 11 is 0. The number of aromatic amines is 1. The van der Waals surface area contributed by atoms with Gasteiger partial charge in [0.15, 0.2) is 0 Å². The molecular weight excluding hydrogens is 266 g/mol. The lowest BCUT2D eigenvalue weighted by atomic mass is 10.1. The molecule has 0 saturated carbocycles. The Balaban J connectivity index is 2.09. The predicted molar refractivity (Wildman–Crippen MR) is 83.3 cm³/mol. The van der Waals surface area contributed by atoms with E-state index in [-0.39, 0.29) is 23.9 Å². The van der Waals surface area contributed by atoms with Gasteiger partial charge in [0.1, 0.15) is 0 Å². The fourth-order valence-electron chi connectivity index (χ4n) is 2.28. The maximum atomic E-state index is 12.3.